The molecule has 5 aromatic rings. The first-order valence-corrected chi connectivity index (χ1v) is 13.9. The van der Waals surface area contributed by atoms with E-state index in [9.17, 15) is 13.2 Å². The van der Waals surface area contributed by atoms with E-state index in [0.717, 1.165) is 22.3 Å². The Morgan fingerprint density at radius 2 is 1.75 bits per heavy atom. The molecule has 0 aliphatic carbocycles. The lowest BCUT2D eigenvalue weighted by Gasteiger charge is -2.16. The second-order valence-electron chi connectivity index (χ2n) is 9.20. The normalized spacial score (nSPS) is 11.6. The molecular weight excluding hydrogens is 530 g/mol. The molecule has 10 nitrogen and oxygen atoms in total. The summed E-state index contributed by atoms with van der Waals surface area (Å²) in [5.41, 5.74) is 4.61. The molecule has 0 unspecified atom stereocenters. The fourth-order valence-corrected chi connectivity index (χ4v) is 5.38. The summed E-state index contributed by atoms with van der Waals surface area (Å²) in [5.74, 6) is -0.333. The molecule has 40 heavy (non-hydrogen) atoms. The van der Waals surface area contributed by atoms with E-state index < -0.39 is 22.6 Å². The minimum Gasteiger partial charge on any atom is -0.482 e. The van der Waals surface area contributed by atoms with Crippen LogP contribution in [0.15, 0.2) is 96.0 Å². The second-order valence-corrected chi connectivity index (χ2v) is 10.9. The number of sulfonamides is 1. The van der Waals surface area contributed by atoms with Gasteiger partial charge in [0.05, 0.1) is 27.3 Å². The largest absolute Gasteiger partial charge is 0.482 e. The van der Waals surface area contributed by atoms with Gasteiger partial charge in [0.15, 0.2) is 6.61 Å². The maximum atomic E-state index is 13.2. The number of fused-ring (bicyclic) bond motifs is 1. The van der Waals surface area contributed by atoms with Crippen molar-refractivity contribution in [2.24, 2.45) is 0 Å². The van der Waals surface area contributed by atoms with E-state index in [1.165, 1.54) is 24.3 Å². The summed E-state index contributed by atoms with van der Waals surface area (Å²) in [6, 6.07) is 24.3. The summed E-state index contributed by atoms with van der Waals surface area (Å²) in [6.07, 6.45) is 1.78. The number of nitrogens with zero attached hydrogens (tertiary/aromatic N) is 3. The number of hydrogen-bond donors (Lipinski definition) is 3. The molecule has 0 amide bonds. The van der Waals surface area contributed by atoms with Crippen LogP contribution in [0.5, 0.6) is 5.75 Å². The van der Waals surface area contributed by atoms with E-state index in [-0.39, 0.29) is 10.6 Å². The number of aliphatic carboxylic acids is 1. The summed E-state index contributed by atoms with van der Waals surface area (Å²) in [5, 5.41) is 8.75. The minimum absolute atomic E-state index is 0.00723. The minimum atomic E-state index is -3.95. The monoisotopic (exact) mass is 557 g/mol. The molecule has 0 bridgehead atoms. The number of ether oxygens (including phenoxy) is 1. The number of para-hydroxylation sites is 2. The topological polar surface area (TPSA) is 138 Å². The number of rotatable bonds is 11. The zero-order valence-electron chi connectivity index (χ0n) is 21.6. The second kappa shape index (κ2) is 11.6. The van der Waals surface area contributed by atoms with Crippen LogP contribution in [0.1, 0.15) is 11.3 Å². The number of benzene rings is 3. The molecule has 0 aliphatic rings. The number of hydrogen-bond acceptors (Lipinski definition) is 7. The highest BCUT2D eigenvalue weighted by molar-refractivity contribution is 7.92. The van der Waals surface area contributed by atoms with Crippen LogP contribution in [0.4, 0.5) is 5.69 Å². The van der Waals surface area contributed by atoms with Gasteiger partial charge in [0, 0.05) is 24.8 Å². The number of H-pyrrole nitrogens is 1. The van der Waals surface area contributed by atoms with Crippen molar-refractivity contribution in [3.63, 3.8) is 0 Å². The smallest absolute Gasteiger partial charge is 0.341 e. The molecule has 11 heteroatoms. The number of aromatic amines is 1. The van der Waals surface area contributed by atoms with Gasteiger partial charge >= 0.3 is 5.97 Å². The quantitative estimate of drug-likeness (QED) is 0.216. The molecule has 204 valence electrons. The SMILES string of the molecule is CN(Cc1ccccn1)Cc1cccc2[nH]c(-c3ccccc3NS(=O)(=O)c3ccc(OCC(=O)O)cc3)nc12. The van der Waals surface area contributed by atoms with E-state index in [1.54, 1.807) is 24.4 Å². The lowest BCUT2D eigenvalue weighted by atomic mass is 10.1. The Balaban J connectivity index is 1.38. The number of aromatic nitrogens is 3. The van der Waals surface area contributed by atoms with Crippen molar-refractivity contribution < 1.29 is 23.1 Å². The van der Waals surface area contributed by atoms with E-state index in [2.05, 4.69) is 19.6 Å². The van der Waals surface area contributed by atoms with Crippen molar-refractivity contribution in [3.8, 4) is 17.1 Å². The van der Waals surface area contributed by atoms with Crippen LogP contribution in [0.2, 0.25) is 0 Å². The Kier molecular flexibility index (Phi) is 7.76. The number of imidazole rings is 1. The number of anilines is 1. The van der Waals surface area contributed by atoms with Gasteiger partial charge < -0.3 is 14.8 Å². The van der Waals surface area contributed by atoms with E-state index in [0.29, 0.717) is 30.2 Å². The van der Waals surface area contributed by atoms with E-state index in [1.807, 2.05) is 49.5 Å². The van der Waals surface area contributed by atoms with Crippen molar-refractivity contribution in [2.45, 2.75) is 18.0 Å². The van der Waals surface area contributed by atoms with Crippen LogP contribution in [-0.2, 0) is 27.9 Å². The molecule has 0 radical (unpaired) electrons. The van der Waals surface area contributed by atoms with Gasteiger partial charge in [-0.05, 0) is 67.2 Å². The van der Waals surface area contributed by atoms with E-state index in [4.69, 9.17) is 14.8 Å². The lowest BCUT2D eigenvalue weighted by molar-refractivity contribution is -0.139. The molecule has 3 N–H and O–H groups in total. The maximum absolute atomic E-state index is 13.2. The number of pyridine rings is 1. The Hall–Kier alpha value is -4.74. The van der Waals surface area contributed by atoms with Gasteiger partial charge in [-0.3, -0.25) is 14.6 Å². The average Bonchev–Trinajstić information content (AvgIpc) is 3.38. The first kappa shape index (κ1) is 26.9. The van der Waals surface area contributed by atoms with Gasteiger partial charge in [-0.2, -0.15) is 0 Å². The predicted molar refractivity (Wildman–Crippen MR) is 151 cm³/mol. The van der Waals surface area contributed by atoms with Gasteiger partial charge in [0.25, 0.3) is 10.0 Å². The van der Waals surface area contributed by atoms with Crippen LogP contribution in [-0.4, -0.2) is 53.0 Å². The van der Waals surface area contributed by atoms with E-state index >= 15 is 0 Å². The zero-order chi connectivity index (χ0) is 28.1. The van der Waals surface area contributed by atoms with Crippen LogP contribution in [0, 0.1) is 0 Å². The molecule has 2 aromatic heterocycles. The Bertz CT molecular complexity index is 1740. The molecule has 0 atom stereocenters. The molecule has 0 saturated heterocycles. The number of carboxylic acid groups (broad SMARTS) is 1. The van der Waals surface area contributed by atoms with Crippen molar-refractivity contribution in [2.75, 3.05) is 18.4 Å². The first-order chi connectivity index (χ1) is 19.3. The van der Waals surface area contributed by atoms with Crippen molar-refractivity contribution in [1.29, 1.82) is 0 Å². The first-order valence-electron chi connectivity index (χ1n) is 12.4. The van der Waals surface area contributed by atoms with Crippen LogP contribution >= 0.6 is 0 Å². The summed E-state index contributed by atoms with van der Waals surface area (Å²) in [4.78, 5) is 25.4. The van der Waals surface area contributed by atoms with Gasteiger partial charge in [-0.1, -0.05) is 30.3 Å². The number of carboxylic acids is 1. The molecule has 2 heterocycles. The fourth-order valence-electron chi connectivity index (χ4n) is 4.30. The number of nitrogens with one attached hydrogen (secondary N) is 2. The Labute approximate surface area is 231 Å². The van der Waals surface area contributed by atoms with Crippen molar-refractivity contribution >= 4 is 32.7 Å². The summed E-state index contributed by atoms with van der Waals surface area (Å²) >= 11 is 0. The Morgan fingerprint density at radius 3 is 2.50 bits per heavy atom. The van der Waals surface area contributed by atoms with Crippen molar-refractivity contribution in [1.82, 2.24) is 19.9 Å². The highest BCUT2D eigenvalue weighted by Gasteiger charge is 2.19. The molecule has 0 aliphatic heterocycles. The maximum Gasteiger partial charge on any atom is 0.341 e. The average molecular weight is 558 g/mol. The third-order valence-electron chi connectivity index (χ3n) is 6.12. The third kappa shape index (κ3) is 6.28. The number of carbonyl (C=O) groups is 1. The fraction of sp³-hybridized carbons (Fsp3) is 0.138. The Morgan fingerprint density at radius 1 is 0.975 bits per heavy atom. The predicted octanol–water partition coefficient (Wildman–Crippen LogP) is 4.52. The van der Waals surface area contributed by atoms with Gasteiger partial charge in [-0.25, -0.2) is 18.2 Å². The zero-order valence-corrected chi connectivity index (χ0v) is 22.4. The third-order valence-corrected chi connectivity index (χ3v) is 7.50. The van der Waals surface area contributed by atoms with Crippen LogP contribution < -0.4 is 9.46 Å². The summed E-state index contributed by atoms with van der Waals surface area (Å²) in [7, 11) is -1.93. The molecule has 5 rings (SSSR count). The highest BCUT2D eigenvalue weighted by Crippen LogP contribution is 2.31. The molecule has 0 fully saturated rings. The summed E-state index contributed by atoms with van der Waals surface area (Å²) in [6.45, 7) is 0.821. The standard InChI is InChI=1S/C29H27N5O5S/c1-34(18-21-8-4-5-16-30-21)17-20-7-6-11-26-28(20)32-29(31-26)24-9-2-3-10-25(24)33-40(37,38)23-14-12-22(13-15-23)39-19-27(35)36/h2-16,33H,17-19H2,1H3,(H,31,32)(H,35,36). The van der Waals surface area contributed by atoms with Crippen LogP contribution in [0.25, 0.3) is 22.4 Å². The summed E-state index contributed by atoms with van der Waals surface area (Å²) < 4.78 is 34.1. The molecular formula is C29H27N5O5S. The molecule has 0 spiro atoms. The van der Waals surface area contributed by atoms with Crippen molar-refractivity contribution in [3.05, 3.63) is 102 Å². The van der Waals surface area contributed by atoms with Gasteiger partial charge in [0.1, 0.15) is 11.6 Å². The van der Waals surface area contributed by atoms with Crippen LogP contribution in [0.3, 0.4) is 0 Å². The molecule has 0 saturated carbocycles. The van der Waals surface area contributed by atoms with Gasteiger partial charge in [-0.15, -0.1) is 0 Å². The highest BCUT2D eigenvalue weighted by atomic mass is 32.2. The van der Waals surface area contributed by atoms with Gasteiger partial charge in [0.2, 0.25) is 0 Å². The lowest BCUT2D eigenvalue weighted by Crippen LogP contribution is -2.18. The molecule has 3 aromatic carbocycles.